The predicted molar refractivity (Wildman–Crippen MR) is 93.5 cm³/mol. The maximum Gasteiger partial charge on any atom is 0.254 e. The number of hydrogen-bond acceptors (Lipinski definition) is 3. The van der Waals surface area contributed by atoms with Crippen molar-refractivity contribution in [1.29, 1.82) is 0 Å². The number of benzene rings is 2. The third-order valence-electron chi connectivity index (χ3n) is 4.26. The van der Waals surface area contributed by atoms with E-state index in [1.165, 1.54) is 6.07 Å². The van der Waals surface area contributed by atoms with Crippen molar-refractivity contribution >= 4 is 21.8 Å². The molecular weight excluding hydrogens is 375 g/mol. The Labute approximate surface area is 148 Å². The third-order valence-corrected chi connectivity index (χ3v) is 4.91. The monoisotopic (exact) mass is 392 g/mol. The fraction of sp³-hybridized carbons (Fsp3) is 0.278. The lowest BCUT2D eigenvalue weighted by molar-refractivity contribution is 0.0732. The molecule has 1 heterocycles. The molecule has 2 unspecified atom stereocenters. The number of rotatable bonds is 3. The highest BCUT2D eigenvalue weighted by Crippen LogP contribution is 2.35. The first-order valence-corrected chi connectivity index (χ1v) is 8.45. The van der Waals surface area contributed by atoms with Crippen molar-refractivity contribution in [2.75, 3.05) is 13.7 Å². The minimum atomic E-state index is -0.358. The van der Waals surface area contributed by atoms with Crippen LogP contribution in [0.4, 0.5) is 4.39 Å². The number of carbonyl (C=O) groups excluding carboxylic acids is 1. The van der Waals surface area contributed by atoms with Crippen LogP contribution < -0.4 is 10.5 Å². The molecule has 0 aliphatic carbocycles. The first kappa shape index (κ1) is 16.9. The molecule has 2 aromatic rings. The highest BCUT2D eigenvalue weighted by molar-refractivity contribution is 9.10. The van der Waals surface area contributed by atoms with Crippen LogP contribution in [0.25, 0.3) is 0 Å². The topological polar surface area (TPSA) is 55.6 Å². The van der Waals surface area contributed by atoms with Crippen LogP contribution in [0.5, 0.6) is 5.75 Å². The van der Waals surface area contributed by atoms with Gasteiger partial charge >= 0.3 is 0 Å². The molecule has 2 atom stereocenters. The fourth-order valence-corrected chi connectivity index (χ4v) is 3.50. The van der Waals surface area contributed by atoms with Crippen LogP contribution in [-0.2, 0) is 0 Å². The Balaban J connectivity index is 1.94. The summed E-state index contributed by atoms with van der Waals surface area (Å²) in [5, 5.41) is 0. The summed E-state index contributed by atoms with van der Waals surface area (Å²) in [6, 6.07) is 11.2. The van der Waals surface area contributed by atoms with E-state index in [9.17, 15) is 9.18 Å². The lowest BCUT2D eigenvalue weighted by Gasteiger charge is -2.25. The number of amides is 1. The van der Waals surface area contributed by atoms with Gasteiger partial charge in [-0.1, -0.05) is 18.2 Å². The molecule has 0 spiro atoms. The van der Waals surface area contributed by atoms with E-state index in [1.807, 2.05) is 0 Å². The van der Waals surface area contributed by atoms with E-state index in [0.29, 0.717) is 29.8 Å². The Kier molecular flexibility index (Phi) is 4.87. The number of methoxy groups -OCH3 is 1. The minimum absolute atomic E-state index is 0.170. The van der Waals surface area contributed by atoms with E-state index in [1.54, 1.807) is 48.4 Å². The summed E-state index contributed by atoms with van der Waals surface area (Å²) >= 11 is 3.37. The second-order valence-electron chi connectivity index (χ2n) is 5.84. The van der Waals surface area contributed by atoms with Crippen LogP contribution in [0.1, 0.15) is 28.4 Å². The van der Waals surface area contributed by atoms with E-state index in [4.69, 9.17) is 10.5 Å². The van der Waals surface area contributed by atoms with Gasteiger partial charge in [-0.25, -0.2) is 4.39 Å². The van der Waals surface area contributed by atoms with Crippen molar-refractivity contribution in [3.63, 3.8) is 0 Å². The zero-order chi connectivity index (χ0) is 17.3. The van der Waals surface area contributed by atoms with Crippen LogP contribution in [0, 0.1) is 5.82 Å². The van der Waals surface area contributed by atoms with Gasteiger partial charge in [0.2, 0.25) is 0 Å². The van der Waals surface area contributed by atoms with Gasteiger partial charge in [-0.15, -0.1) is 0 Å². The molecule has 6 heteroatoms. The molecule has 0 radical (unpaired) electrons. The maximum atomic E-state index is 14.2. The van der Waals surface area contributed by atoms with Gasteiger partial charge in [0.25, 0.3) is 5.91 Å². The first-order chi connectivity index (χ1) is 11.5. The Hall–Kier alpha value is -1.92. The second-order valence-corrected chi connectivity index (χ2v) is 6.69. The van der Waals surface area contributed by atoms with E-state index in [0.717, 1.165) is 4.47 Å². The van der Waals surface area contributed by atoms with Crippen molar-refractivity contribution in [2.24, 2.45) is 5.73 Å². The van der Waals surface area contributed by atoms with E-state index >= 15 is 0 Å². The Morgan fingerprint density at radius 1 is 1.33 bits per heavy atom. The smallest absolute Gasteiger partial charge is 0.254 e. The molecule has 4 nitrogen and oxygen atoms in total. The van der Waals surface area contributed by atoms with Crippen molar-refractivity contribution in [3.8, 4) is 5.75 Å². The van der Waals surface area contributed by atoms with Crippen molar-refractivity contribution < 1.29 is 13.9 Å². The molecular formula is C18H18BrFN2O2. The van der Waals surface area contributed by atoms with E-state index in [2.05, 4.69) is 15.9 Å². The molecule has 1 amide bonds. The average Bonchev–Trinajstić information content (AvgIpc) is 2.96. The summed E-state index contributed by atoms with van der Waals surface area (Å²) in [5.74, 6) is 0.0802. The normalized spacial score (nSPS) is 20.2. The van der Waals surface area contributed by atoms with Crippen molar-refractivity contribution in [3.05, 3.63) is 63.9 Å². The summed E-state index contributed by atoms with van der Waals surface area (Å²) < 4.78 is 20.2. The van der Waals surface area contributed by atoms with Crippen LogP contribution in [0.15, 0.2) is 46.9 Å². The molecule has 24 heavy (non-hydrogen) atoms. The van der Waals surface area contributed by atoms with Crippen LogP contribution in [0.3, 0.4) is 0 Å². The summed E-state index contributed by atoms with van der Waals surface area (Å²) in [6.45, 7) is 0.399. The summed E-state index contributed by atoms with van der Waals surface area (Å²) in [6.07, 6.45) is 0.542. The van der Waals surface area contributed by atoms with Gasteiger partial charge in [-0.2, -0.15) is 0 Å². The van der Waals surface area contributed by atoms with Gasteiger partial charge in [0.05, 0.1) is 17.6 Å². The summed E-state index contributed by atoms with van der Waals surface area (Å²) in [4.78, 5) is 14.6. The van der Waals surface area contributed by atoms with Gasteiger partial charge in [0.1, 0.15) is 11.6 Å². The lowest BCUT2D eigenvalue weighted by Crippen LogP contribution is -2.33. The highest BCUT2D eigenvalue weighted by atomic mass is 79.9. The molecule has 0 saturated carbocycles. The number of ether oxygens (including phenoxy) is 1. The molecule has 0 aromatic heterocycles. The summed E-state index contributed by atoms with van der Waals surface area (Å²) in [5.41, 5.74) is 7.04. The lowest BCUT2D eigenvalue weighted by atomic mass is 10.0. The van der Waals surface area contributed by atoms with Gasteiger partial charge < -0.3 is 15.4 Å². The second kappa shape index (κ2) is 6.91. The SMILES string of the molecule is COc1cc(C(=O)N2CC(N)CC2c2ccccc2F)ccc1Br. The van der Waals surface area contributed by atoms with Gasteiger partial charge in [0, 0.05) is 23.7 Å². The van der Waals surface area contributed by atoms with Gasteiger partial charge in [-0.05, 0) is 46.6 Å². The quantitative estimate of drug-likeness (QED) is 0.869. The molecule has 3 rings (SSSR count). The minimum Gasteiger partial charge on any atom is -0.496 e. The molecule has 2 N–H and O–H groups in total. The highest BCUT2D eigenvalue weighted by Gasteiger charge is 2.36. The largest absolute Gasteiger partial charge is 0.496 e. The molecule has 1 aliphatic heterocycles. The van der Waals surface area contributed by atoms with Crippen molar-refractivity contribution in [1.82, 2.24) is 4.90 Å². The number of carbonyl (C=O) groups is 1. The van der Waals surface area contributed by atoms with Gasteiger partial charge in [0.15, 0.2) is 0 Å². The van der Waals surface area contributed by atoms with Crippen LogP contribution in [-0.4, -0.2) is 30.5 Å². The number of likely N-dealkylation sites (tertiary alicyclic amines) is 1. The zero-order valence-corrected chi connectivity index (χ0v) is 14.8. The molecule has 0 bridgehead atoms. The average molecular weight is 393 g/mol. The van der Waals surface area contributed by atoms with Gasteiger partial charge in [-0.3, -0.25) is 4.79 Å². The Morgan fingerprint density at radius 3 is 2.79 bits per heavy atom. The Morgan fingerprint density at radius 2 is 2.08 bits per heavy atom. The van der Waals surface area contributed by atoms with Crippen LogP contribution in [0.2, 0.25) is 0 Å². The predicted octanol–water partition coefficient (Wildman–Crippen LogP) is 3.51. The molecule has 2 aromatic carbocycles. The van der Waals surface area contributed by atoms with Crippen molar-refractivity contribution in [2.45, 2.75) is 18.5 Å². The summed E-state index contributed by atoms with van der Waals surface area (Å²) in [7, 11) is 1.54. The fourth-order valence-electron chi connectivity index (χ4n) is 3.09. The molecule has 1 fully saturated rings. The first-order valence-electron chi connectivity index (χ1n) is 7.65. The van der Waals surface area contributed by atoms with E-state index in [-0.39, 0.29) is 23.8 Å². The molecule has 1 saturated heterocycles. The number of nitrogens with zero attached hydrogens (tertiary/aromatic N) is 1. The maximum absolute atomic E-state index is 14.2. The van der Waals surface area contributed by atoms with Crippen LogP contribution >= 0.6 is 15.9 Å². The molecule has 126 valence electrons. The third kappa shape index (κ3) is 3.16. The zero-order valence-electron chi connectivity index (χ0n) is 13.2. The number of halogens is 2. The standard InChI is InChI=1S/C18H18BrFN2O2/c1-24-17-8-11(6-7-14(17)19)18(23)22-10-12(21)9-16(22)13-4-2-3-5-15(13)20/h2-8,12,16H,9-10,21H2,1H3. The Bertz CT molecular complexity index is 768. The number of nitrogens with two attached hydrogens (primary N) is 1. The van der Waals surface area contributed by atoms with E-state index < -0.39 is 0 Å². The molecule has 1 aliphatic rings. The number of hydrogen-bond donors (Lipinski definition) is 1.